The first-order valence-electron chi connectivity index (χ1n) is 6.83. The Bertz CT molecular complexity index is 666. The van der Waals surface area contributed by atoms with Crippen molar-refractivity contribution in [1.29, 1.82) is 0 Å². The smallest absolute Gasteiger partial charge is 0.218 e. The quantitative estimate of drug-likeness (QED) is 0.849. The normalized spacial score (nSPS) is 12.0. The van der Waals surface area contributed by atoms with Gasteiger partial charge in [-0.1, -0.05) is 31.2 Å². The van der Waals surface area contributed by atoms with Gasteiger partial charge in [0.25, 0.3) is 0 Å². The van der Waals surface area contributed by atoms with E-state index in [-0.39, 0.29) is 12.3 Å². The Morgan fingerprint density at radius 2 is 1.95 bits per heavy atom. The molecule has 114 valence electrons. The summed E-state index contributed by atoms with van der Waals surface area (Å²) < 4.78 is 31.7. The molecule has 0 fully saturated rings. The van der Waals surface area contributed by atoms with E-state index in [1.807, 2.05) is 25.1 Å². The second kappa shape index (κ2) is 6.89. The average molecular weight is 308 g/mol. The Morgan fingerprint density at radius 3 is 2.57 bits per heavy atom. The van der Waals surface area contributed by atoms with E-state index < -0.39 is 10.0 Å². The summed E-state index contributed by atoms with van der Waals surface area (Å²) in [5.74, 6) is 0.603. The lowest BCUT2D eigenvalue weighted by molar-refractivity contribution is 0.375. The fourth-order valence-electron chi connectivity index (χ4n) is 2.13. The average Bonchev–Trinajstić information content (AvgIpc) is 2.97. The maximum atomic E-state index is 12.5. The summed E-state index contributed by atoms with van der Waals surface area (Å²) in [4.78, 5) is 0. The topological polar surface area (TPSA) is 76.5 Å². The molecule has 0 spiro atoms. The molecule has 0 atom stereocenters. The van der Waals surface area contributed by atoms with Crippen molar-refractivity contribution in [2.45, 2.75) is 25.8 Å². The van der Waals surface area contributed by atoms with Crippen molar-refractivity contribution in [3.63, 3.8) is 0 Å². The second-order valence-electron chi connectivity index (χ2n) is 4.79. The lowest BCUT2D eigenvalue weighted by Crippen LogP contribution is -2.31. The number of hydrogen-bond donors (Lipinski definition) is 1. The van der Waals surface area contributed by atoms with Gasteiger partial charge in [-0.2, -0.15) is 4.31 Å². The molecule has 1 aromatic carbocycles. The van der Waals surface area contributed by atoms with E-state index >= 15 is 0 Å². The second-order valence-corrected chi connectivity index (χ2v) is 6.75. The summed E-state index contributed by atoms with van der Waals surface area (Å²) in [6.07, 6.45) is 1.54. The van der Waals surface area contributed by atoms with Crippen molar-refractivity contribution in [2.24, 2.45) is 5.73 Å². The Balaban J connectivity index is 2.15. The molecular formula is C15H20N2O3S. The highest BCUT2D eigenvalue weighted by molar-refractivity contribution is 7.88. The number of hydrogen-bond acceptors (Lipinski definition) is 4. The van der Waals surface area contributed by atoms with E-state index in [0.29, 0.717) is 18.8 Å². The first-order valence-corrected chi connectivity index (χ1v) is 8.44. The number of furan rings is 1. The largest absolute Gasteiger partial charge is 0.468 e. The number of nitrogens with two attached hydrogens (primary N) is 1. The van der Waals surface area contributed by atoms with E-state index in [0.717, 1.165) is 11.1 Å². The predicted octanol–water partition coefficient (Wildman–Crippen LogP) is 2.09. The van der Waals surface area contributed by atoms with Crippen LogP contribution < -0.4 is 5.73 Å². The first kappa shape index (κ1) is 15.8. The van der Waals surface area contributed by atoms with Gasteiger partial charge in [0.1, 0.15) is 5.76 Å². The summed E-state index contributed by atoms with van der Waals surface area (Å²) >= 11 is 0. The molecule has 0 aliphatic carbocycles. The Kier molecular flexibility index (Phi) is 5.17. The van der Waals surface area contributed by atoms with E-state index in [1.165, 1.54) is 4.31 Å². The van der Waals surface area contributed by atoms with Crippen LogP contribution in [0, 0.1) is 0 Å². The monoisotopic (exact) mass is 308 g/mol. The van der Waals surface area contributed by atoms with Crippen LogP contribution in [-0.4, -0.2) is 19.3 Å². The van der Waals surface area contributed by atoms with Gasteiger partial charge in [0.05, 0.1) is 18.6 Å². The highest BCUT2D eigenvalue weighted by atomic mass is 32.2. The van der Waals surface area contributed by atoms with Gasteiger partial charge in [0, 0.05) is 13.1 Å². The van der Waals surface area contributed by atoms with E-state index in [4.69, 9.17) is 10.2 Å². The summed E-state index contributed by atoms with van der Waals surface area (Å²) in [6.45, 7) is 2.87. The highest BCUT2D eigenvalue weighted by Crippen LogP contribution is 2.15. The standard InChI is InChI=1S/C15H20N2O3S/c1-2-17(11-15-7-4-8-20-15)21(18,19)12-14-6-3-5-13(9-14)10-16/h3-9H,2,10-12,16H2,1H3. The van der Waals surface area contributed by atoms with Crippen LogP contribution in [-0.2, 0) is 28.9 Å². The van der Waals surface area contributed by atoms with Crippen LogP contribution in [0.2, 0.25) is 0 Å². The van der Waals surface area contributed by atoms with Crippen molar-refractivity contribution in [1.82, 2.24) is 4.31 Å². The molecule has 1 aromatic heterocycles. The molecule has 6 heteroatoms. The number of rotatable bonds is 7. The lowest BCUT2D eigenvalue weighted by Gasteiger charge is -2.19. The Hall–Kier alpha value is -1.63. The van der Waals surface area contributed by atoms with Crippen LogP contribution in [0.25, 0.3) is 0 Å². The molecule has 2 rings (SSSR count). The first-order chi connectivity index (χ1) is 10.0. The van der Waals surface area contributed by atoms with Crippen molar-refractivity contribution in [2.75, 3.05) is 6.54 Å². The minimum atomic E-state index is -3.39. The molecule has 0 aliphatic heterocycles. The van der Waals surface area contributed by atoms with Crippen LogP contribution >= 0.6 is 0 Å². The van der Waals surface area contributed by atoms with Gasteiger partial charge < -0.3 is 10.2 Å². The summed E-state index contributed by atoms with van der Waals surface area (Å²) in [7, 11) is -3.39. The molecule has 1 heterocycles. The van der Waals surface area contributed by atoms with Crippen molar-refractivity contribution in [3.05, 3.63) is 59.5 Å². The summed E-state index contributed by atoms with van der Waals surface area (Å²) in [6, 6.07) is 10.9. The van der Waals surface area contributed by atoms with Crippen LogP contribution in [0.3, 0.4) is 0 Å². The lowest BCUT2D eigenvalue weighted by atomic mass is 10.1. The van der Waals surface area contributed by atoms with E-state index in [2.05, 4.69) is 0 Å². The van der Waals surface area contributed by atoms with Gasteiger partial charge in [-0.3, -0.25) is 0 Å². The fraction of sp³-hybridized carbons (Fsp3) is 0.333. The third kappa shape index (κ3) is 4.17. The van der Waals surface area contributed by atoms with Crippen LogP contribution in [0.15, 0.2) is 47.1 Å². The molecule has 0 amide bonds. The summed E-state index contributed by atoms with van der Waals surface area (Å²) in [5.41, 5.74) is 7.26. The highest BCUT2D eigenvalue weighted by Gasteiger charge is 2.22. The number of benzene rings is 1. The maximum absolute atomic E-state index is 12.5. The number of sulfonamides is 1. The fourth-order valence-corrected chi connectivity index (χ4v) is 3.63. The van der Waals surface area contributed by atoms with Gasteiger partial charge in [-0.25, -0.2) is 8.42 Å². The predicted molar refractivity (Wildman–Crippen MR) is 81.7 cm³/mol. The van der Waals surface area contributed by atoms with Gasteiger partial charge in [-0.05, 0) is 23.3 Å². The zero-order valence-corrected chi connectivity index (χ0v) is 12.8. The van der Waals surface area contributed by atoms with Gasteiger partial charge in [0.15, 0.2) is 0 Å². The minimum absolute atomic E-state index is 0.0324. The third-order valence-electron chi connectivity index (χ3n) is 3.23. The van der Waals surface area contributed by atoms with Crippen molar-refractivity contribution >= 4 is 10.0 Å². The molecule has 2 aromatic rings. The summed E-state index contributed by atoms with van der Waals surface area (Å²) in [5, 5.41) is 0. The van der Waals surface area contributed by atoms with E-state index in [9.17, 15) is 8.42 Å². The third-order valence-corrected chi connectivity index (χ3v) is 5.11. The van der Waals surface area contributed by atoms with Crippen molar-refractivity contribution < 1.29 is 12.8 Å². The zero-order chi connectivity index (χ0) is 15.3. The molecule has 0 saturated carbocycles. The minimum Gasteiger partial charge on any atom is -0.468 e. The van der Waals surface area contributed by atoms with Gasteiger partial charge in [0.2, 0.25) is 10.0 Å². The number of nitrogens with zero attached hydrogens (tertiary/aromatic N) is 1. The molecule has 0 bridgehead atoms. The van der Waals surface area contributed by atoms with Crippen LogP contribution in [0.1, 0.15) is 23.8 Å². The molecule has 0 unspecified atom stereocenters. The molecule has 0 radical (unpaired) electrons. The van der Waals surface area contributed by atoms with Crippen molar-refractivity contribution in [3.8, 4) is 0 Å². The molecule has 5 nitrogen and oxygen atoms in total. The van der Waals surface area contributed by atoms with Crippen LogP contribution in [0.4, 0.5) is 0 Å². The molecule has 21 heavy (non-hydrogen) atoms. The molecule has 0 saturated heterocycles. The maximum Gasteiger partial charge on any atom is 0.218 e. The molecular weight excluding hydrogens is 288 g/mol. The SMILES string of the molecule is CCN(Cc1ccco1)S(=O)(=O)Cc1cccc(CN)c1. The Morgan fingerprint density at radius 1 is 1.19 bits per heavy atom. The van der Waals surface area contributed by atoms with E-state index in [1.54, 1.807) is 24.5 Å². The van der Waals surface area contributed by atoms with Crippen LogP contribution in [0.5, 0.6) is 0 Å². The molecule has 0 aliphatic rings. The van der Waals surface area contributed by atoms with Gasteiger partial charge in [-0.15, -0.1) is 0 Å². The molecule has 2 N–H and O–H groups in total. The van der Waals surface area contributed by atoms with Gasteiger partial charge >= 0.3 is 0 Å². The Labute approximate surface area is 125 Å². The zero-order valence-electron chi connectivity index (χ0n) is 12.0.